The van der Waals surface area contributed by atoms with Gasteiger partial charge in [0.25, 0.3) is 5.69 Å². The predicted molar refractivity (Wildman–Crippen MR) is 67.6 cm³/mol. The van der Waals surface area contributed by atoms with Crippen LogP contribution >= 0.6 is 0 Å². The fourth-order valence-electron chi connectivity index (χ4n) is 1.51. The summed E-state index contributed by atoms with van der Waals surface area (Å²) in [6.45, 7) is 5.04. The van der Waals surface area contributed by atoms with Crippen molar-refractivity contribution >= 4 is 11.8 Å². The normalized spacial score (nSPS) is 11.7. The van der Waals surface area contributed by atoms with Gasteiger partial charge in [0.1, 0.15) is 0 Å². The van der Waals surface area contributed by atoms with Gasteiger partial charge < -0.3 is 0 Å². The molecular weight excluding hydrogens is 236 g/mol. The van der Waals surface area contributed by atoms with Gasteiger partial charge in [-0.05, 0) is 12.5 Å². The molecule has 6 heteroatoms. The Morgan fingerprint density at radius 1 is 1.28 bits per heavy atom. The molecule has 0 radical (unpaired) electrons. The second-order valence-electron chi connectivity index (χ2n) is 4.28. The number of hydrogen-bond acceptors (Lipinski definition) is 4. The molecular formula is C12H14N2O4. The van der Waals surface area contributed by atoms with Gasteiger partial charge in [-0.2, -0.15) is 0 Å². The summed E-state index contributed by atoms with van der Waals surface area (Å²) >= 11 is 0. The maximum Gasteiger partial charge on any atom is 0.272 e. The van der Waals surface area contributed by atoms with Crippen molar-refractivity contribution in [3.63, 3.8) is 0 Å². The zero-order valence-electron chi connectivity index (χ0n) is 10.4. The molecule has 0 heterocycles. The van der Waals surface area contributed by atoms with Crippen molar-refractivity contribution in [1.29, 1.82) is 0 Å². The number of nitro benzene ring substituents is 1. The van der Waals surface area contributed by atoms with Crippen LogP contribution in [0.2, 0.25) is 0 Å². The van der Waals surface area contributed by atoms with E-state index in [2.05, 4.69) is 0 Å². The SMILES string of the molecule is Cc1ccc(/C=C(/C(C)C)[N+](=O)[O-])cc1[N+](=O)[O-]. The number of hydrogen-bond donors (Lipinski definition) is 0. The van der Waals surface area contributed by atoms with Gasteiger partial charge in [0.2, 0.25) is 5.70 Å². The van der Waals surface area contributed by atoms with Crippen LogP contribution in [0, 0.1) is 33.1 Å². The molecule has 0 spiro atoms. The van der Waals surface area contributed by atoms with Crippen LogP contribution in [0.1, 0.15) is 25.0 Å². The third kappa shape index (κ3) is 3.13. The van der Waals surface area contributed by atoms with E-state index in [0.717, 1.165) is 0 Å². The van der Waals surface area contributed by atoms with Crippen LogP contribution in [-0.4, -0.2) is 9.85 Å². The largest absolute Gasteiger partial charge is 0.272 e. The Labute approximate surface area is 104 Å². The first-order valence-electron chi connectivity index (χ1n) is 5.44. The lowest BCUT2D eigenvalue weighted by Crippen LogP contribution is -2.05. The first-order chi connectivity index (χ1) is 8.32. The second kappa shape index (κ2) is 5.39. The van der Waals surface area contributed by atoms with E-state index < -0.39 is 9.85 Å². The van der Waals surface area contributed by atoms with E-state index in [0.29, 0.717) is 11.1 Å². The number of allylic oxidation sites excluding steroid dienone is 1. The van der Waals surface area contributed by atoms with E-state index in [4.69, 9.17) is 0 Å². The molecule has 96 valence electrons. The maximum absolute atomic E-state index is 10.8. The van der Waals surface area contributed by atoms with E-state index in [1.54, 1.807) is 32.9 Å². The molecule has 0 unspecified atom stereocenters. The van der Waals surface area contributed by atoms with E-state index >= 15 is 0 Å². The van der Waals surface area contributed by atoms with Crippen LogP contribution in [0.5, 0.6) is 0 Å². The van der Waals surface area contributed by atoms with Gasteiger partial charge in [-0.15, -0.1) is 0 Å². The summed E-state index contributed by atoms with van der Waals surface area (Å²) in [4.78, 5) is 20.7. The Kier molecular flexibility index (Phi) is 4.14. The molecule has 0 aliphatic carbocycles. The van der Waals surface area contributed by atoms with Gasteiger partial charge in [0.15, 0.2) is 0 Å². The van der Waals surface area contributed by atoms with Gasteiger partial charge in [-0.1, -0.05) is 26.0 Å². The average Bonchev–Trinajstić information content (AvgIpc) is 2.26. The molecule has 0 N–H and O–H groups in total. The smallest absolute Gasteiger partial charge is 0.259 e. The Bertz CT molecular complexity index is 521. The number of aryl methyl sites for hydroxylation is 1. The topological polar surface area (TPSA) is 86.3 Å². The summed E-state index contributed by atoms with van der Waals surface area (Å²) in [5, 5.41) is 21.6. The van der Waals surface area contributed by atoms with Crippen LogP contribution in [0.4, 0.5) is 5.69 Å². The summed E-state index contributed by atoms with van der Waals surface area (Å²) < 4.78 is 0. The van der Waals surface area contributed by atoms with Crippen LogP contribution in [0.25, 0.3) is 6.08 Å². The van der Waals surface area contributed by atoms with E-state index in [1.807, 2.05) is 0 Å². The highest BCUT2D eigenvalue weighted by Crippen LogP contribution is 2.22. The molecule has 0 saturated heterocycles. The van der Waals surface area contributed by atoms with Crippen molar-refractivity contribution in [3.05, 3.63) is 55.3 Å². The lowest BCUT2D eigenvalue weighted by atomic mass is 10.1. The molecule has 0 bridgehead atoms. The second-order valence-corrected chi connectivity index (χ2v) is 4.28. The van der Waals surface area contributed by atoms with Crippen LogP contribution in [-0.2, 0) is 0 Å². The molecule has 0 fully saturated rings. The maximum atomic E-state index is 10.8. The third-order valence-corrected chi connectivity index (χ3v) is 2.55. The van der Waals surface area contributed by atoms with Gasteiger partial charge in [0, 0.05) is 23.6 Å². The number of benzene rings is 1. The van der Waals surface area contributed by atoms with Crippen LogP contribution in [0.15, 0.2) is 23.9 Å². The Hall–Kier alpha value is -2.24. The molecule has 0 aromatic heterocycles. The minimum Gasteiger partial charge on any atom is -0.259 e. The summed E-state index contributed by atoms with van der Waals surface area (Å²) in [7, 11) is 0. The molecule has 1 rings (SSSR count). The highest BCUT2D eigenvalue weighted by molar-refractivity contribution is 5.57. The fourth-order valence-corrected chi connectivity index (χ4v) is 1.51. The molecule has 0 aliphatic rings. The van der Waals surface area contributed by atoms with Gasteiger partial charge in [-0.3, -0.25) is 20.2 Å². The molecule has 1 aromatic rings. The number of nitro groups is 2. The predicted octanol–water partition coefficient (Wildman–Crippen LogP) is 3.18. The highest BCUT2D eigenvalue weighted by atomic mass is 16.6. The van der Waals surface area contributed by atoms with Crippen LogP contribution in [0.3, 0.4) is 0 Å². The summed E-state index contributed by atoms with van der Waals surface area (Å²) in [5.74, 6) is -0.250. The Balaban J connectivity index is 3.26. The van der Waals surface area contributed by atoms with Gasteiger partial charge >= 0.3 is 0 Å². The lowest BCUT2D eigenvalue weighted by molar-refractivity contribution is -0.431. The van der Waals surface area contributed by atoms with E-state index in [1.165, 1.54) is 12.1 Å². The molecule has 0 atom stereocenters. The van der Waals surface area contributed by atoms with Gasteiger partial charge in [-0.25, -0.2) is 0 Å². The van der Waals surface area contributed by atoms with Crippen molar-refractivity contribution in [2.75, 3.05) is 0 Å². The van der Waals surface area contributed by atoms with Crippen molar-refractivity contribution in [2.45, 2.75) is 20.8 Å². The molecule has 1 aromatic carbocycles. The zero-order valence-corrected chi connectivity index (χ0v) is 10.4. The molecule has 6 nitrogen and oxygen atoms in total. The van der Waals surface area contributed by atoms with Crippen molar-refractivity contribution in [2.24, 2.45) is 5.92 Å². The molecule has 0 aliphatic heterocycles. The number of nitrogens with zero attached hydrogens (tertiary/aromatic N) is 2. The standard InChI is InChI=1S/C12H14N2O4/c1-8(2)11(13(15)16)6-10-5-4-9(3)12(7-10)14(17)18/h4-8H,1-3H3/b11-6-. The highest BCUT2D eigenvalue weighted by Gasteiger charge is 2.17. The number of rotatable bonds is 4. The summed E-state index contributed by atoms with van der Waals surface area (Å²) in [6.07, 6.45) is 1.37. The minimum absolute atomic E-state index is 0.0322. The van der Waals surface area contributed by atoms with Crippen molar-refractivity contribution in [3.8, 4) is 0 Å². The molecule has 0 amide bonds. The first kappa shape index (κ1) is 13.8. The molecule has 18 heavy (non-hydrogen) atoms. The summed E-state index contributed by atoms with van der Waals surface area (Å²) in [6, 6.07) is 4.57. The van der Waals surface area contributed by atoms with Crippen molar-refractivity contribution in [1.82, 2.24) is 0 Å². The van der Waals surface area contributed by atoms with Crippen molar-refractivity contribution < 1.29 is 9.85 Å². The lowest BCUT2D eigenvalue weighted by Gasteiger charge is -2.03. The first-order valence-corrected chi connectivity index (χ1v) is 5.44. The Morgan fingerprint density at radius 2 is 1.89 bits per heavy atom. The fraction of sp³-hybridized carbons (Fsp3) is 0.333. The van der Waals surface area contributed by atoms with E-state index in [-0.39, 0.29) is 17.3 Å². The zero-order chi connectivity index (χ0) is 13.9. The quantitative estimate of drug-likeness (QED) is 0.606. The average molecular weight is 250 g/mol. The molecule has 0 saturated carbocycles. The minimum atomic E-state index is -0.492. The van der Waals surface area contributed by atoms with Crippen LogP contribution < -0.4 is 0 Å². The Morgan fingerprint density at radius 3 is 2.33 bits per heavy atom. The van der Waals surface area contributed by atoms with Gasteiger partial charge in [0.05, 0.1) is 9.85 Å². The monoisotopic (exact) mass is 250 g/mol. The van der Waals surface area contributed by atoms with E-state index in [9.17, 15) is 20.2 Å². The summed E-state index contributed by atoms with van der Waals surface area (Å²) in [5.41, 5.74) is 1.00. The third-order valence-electron chi connectivity index (χ3n) is 2.55.